The Morgan fingerprint density at radius 3 is 2.59 bits per heavy atom. The average molecular weight is 429 g/mol. The summed E-state index contributed by atoms with van der Waals surface area (Å²) in [5.74, 6) is 0.00237. The molecule has 0 spiro atoms. The zero-order valence-corrected chi connectivity index (χ0v) is 16.8. The van der Waals surface area contributed by atoms with Crippen molar-refractivity contribution >= 4 is 11.6 Å². The fraction of sp³-hybridized carbons (Fsp3) is 0.0455. The third-order valence-corrected chi connectivity index (χ3v) is 4.77. The molecule has 3 aromatic heterocycles. The van der Waals surface area contributed by atoms with Crippen molar-refractivity contribution in [1.29, 1.82) is 0 Å². The molecule has 0 radical (unpaired) electrons. The average Bonchev–Trinajstić information content (AvgIpc) is 3.56. The molecule has 9 nitrogen and oxygen atoms in total. The number of rotatable bonds is 5. The van der Waals surface area contributed by atoms with Gasteiger partial charge in [0.1, 0.15) is 22.9 Å². The van der Waals surface area contributed by atoms with Crippen molar-refractivity contribution in [3.05, 3.63) is 90.3 Å². The van der Waals surface area contributed by atoms with Gasteiger partial charge in [-0.15, -0.1) is 5.10 Å². The fourth-order valence-electron chi connectivity index (χ4n) is 3.26. The maximum absolute atomic E-state index is 14.4. The topological polar surface area (TPSA) is 104 Å². The molecule has 10 heteroatoms. The van der Waals surface area contributed by atoms with Gasteiger partial charge in [-0.3, -0.25) is 4.79 Å². The summed E-state index contributed by atoms with van der Waals surface area (Å²) >= 11 is 0. The molecule has 5 aromatic rings. The summed E-state index contributed by atoms with van der Waals surface area (Å²) in [4.78, 5) is 13.2. The minimum absolute atomic E-state index is 0.123. The lowest BCUT2D eigenvalue weighted by Crippen LogP contribution is -2.17. The molecule has 32 heavy (non-hydrogen) atoms. The van der Waals surface area contributed by atoms with E-state index in [-0.39, 0.29) is 11.4 Å². The zero-order chi connectivity index (χ0) is 22.1. The minimum Gasteiger partial charge on any atom is -0.463 e. The van der Waals surface area contributed by atoms with Gasteiger partial charge in [0.05, 0.1) is 12.0 Å². The van der Waals surface area contributed by atoms with Crippen LogP contribution >= 0.6 is 0 Å². The molecule has 0 aliphatic heterocycles. The van der Waals surface area contributed by atoms with E-state index < -0.39 is 11.7 Å². The van der Waals surface area contributed by atoms with Crippen LogP contribution in [0.25, 0.3) is 22.8 Å². The van der Waals surface area contributed by atoms with Crippen molar-refractivity contribution in [3.63, 3.8) is 0 Å². The lowest BCUT2D eigenvalue weighted by atomic mass is 10.2. The number of hydrogen-bond acceptors (Lipinski definition) is 6. The van der Waals surface area contributed by atoms with Gasteiger partial charge in [-0.2, -0.15) is 9.78 Å². The molecule has 0 aliphatic carbocycles. The predicted molar refractivity (Wildman–Crippen MR) is 113 cm³/mol. The Balaban J connectivity index is 1.52. The Bertz CT molecular complexity index is 1390. The molecular weight excluding hydrogens is 413 g/mol. The van der Waals surface area contributed by atoms with Crippen LogP contribution in [0.5, 0.6) is 0 Å². The van der Waals surface area contributed by atoms with E-state index in [9.17, 15) is 9.18 Å². The number of nitrogens with zero attached hydrogens (tertiary/aromatic N) is 6. The highest BCUT2D eigenvalue weighted by molar-refractivity contribution is 6.04. The van der Waals surface area contributed by atoms with Crippen LogP contribution in [0.3, 0.4) is 0 Å². The summed E-state index contributed by atoms with van der Waals surface area (Å²) in [6, 6.07) is 18.6. The number of aryl methyl sites for hydroxylation is 1. The maximum Gasteiger partial charge on any atom is 0.274 e. The van der Waals surface area contributed by atoms with Crippen LogP contribution in [0.15, 0.2) is 77.4 Å². The van der Waals surface area contributed by atoms with Gasteiger partial charge in [-0.25, -0.2) is 9.07 Å². The Hall–Kier alpha value is -4.60. The second-order valence-electron chi connectivity index (χ2n) is 6.90. The molecule has 3 heterocycles. The number of tetrazole rings is 1. The molecule has 158 valence electrons. The Morgan fingerprint density at radius 1 is 1.03 bits per heavy atom. The number of aromatic nitrogens is 6. The van der Waals surface area contributed by atoms with Gasteiger partial charge in [0, 0.05) is 11.8 Å². The highest BCUT2D eigenvalue weighted by Crippen LogP contribution is 2.24. The fourth-order valence-corrected chi connectivity index (χ4v) is 3.26. The minimum atomic E-state index is -0.521. The van der Waals surface area contributed by atoms with Crippen LogP contribution in [0.1, 0.15) is 16.3 Å². The van der Waals surface area contributed by atoms with Gasteiger partial charge in [0.2, 0.25) is 0 Å². The molecule has 0 atom stereocenters. The quantitative estimate of drug-likeness (QED) is 0.456. The van der Waals surface area contributed by atoms with Crippen molar-refractivity contribution < 1.29 is 13.6 Å². The molecule has 1 N–H and O–H groups in total. The third kappa shape index (κ3) is 3.54. The summed E-state index contributed by atoms with van der Waals surface area (Å²) in [5, 5.41) is 18.4. The Morgan fingerprint density at radius 2 is 1.88 bits per heavy atom. The van der Waals surface area contributed by atoms with Crippen LogP contribution in [0, 0.1) is 12.7 Å². The van der Waals surface area contributed by atoms with E-state index in [1.807, 2.05) is 30.3 Å². The SMILES string of the molecule is Cc1nnnn1-c1cc(NC(=O)c2cc(-c3ccco3)nn2-c2ccccc2)ccc1F. The molecule has 0 fully saturated rings. The van der Waals surface area contributed by atoms with Crippen LogP contribution < -0.4 is 5.32 Å². The molecule has 0 saturated heterocycles. The van der Waals surface area contributed by atoms with Crippen LogP contribution in [0.4, 0.5) is 10.1 Å². The summed E-state index contributed by atoms with van der Waals surface area (Å²) < 4.78 is 22.6. The van der Waals surface area contributed by atoms with Gasteiger partial charge in [0.15, 0.2) is 11.6 Å². The molecule has 0 bridgehead atoms. The van der Waals surface area contributed by atoms with Crippen LogP contribution in [-0.4, -0.2) is 35.9 Å². The lowest BCUT2D eigenvalue weighted by molar-refractivity contribution is 0.101. The number of furan rings is 1. The molecule has 5 rings (SSSR count). The van der Waals surface area contributed by atoms with E-state index >= 15 is 0 Å². The first-order valence-corrected chi connectivity index (χ1v) is 9.66. The van der Waals surface area contributed by atoms with Crippen molar-refractivity contribution in [2.75, 3.05) is 5.32 Å². The van der Waals surface area contributed by atoms with E-state index in [1.165, 1.54) is 33.8 Å². The predicted octanol–water partition coefficient (Wildman–Crippen LogP) is 3.81. The first kappa shape index (κ1) is 19.4. The highest BCUT2D eigenvalue weighted by atomic mass is 19.1. The largest absolute Gasteiger partial charge is 0.463 e. The van der Waals surface area contributed by atoms with Crippen LogP contribution in [0.2, 0.25) is 0 Å². The zero-order valence-electron chi connectivity index (χ0n) is 16.8. The van der Waals surface area contributed by atoms with Gasteiger partial charge in [0.25, 0.3) is 5.91 Å². The van der Waals surface area contributed by atoms with E-state index in [4.69, 9.17) is 4.42 Å². The number of amides is 1. The van der Waals surface area contributed by atoms with E-state index in [1.54, 1.807) is 25.1 Å². The number of anilines is 1. The van der Waals surface area contributed by atoms with Crippen molar-refractivity contribution in [3.8, 4) is 22.8 Å². The maximum atomic E-state index is 14.4. The molecule has 1 amide bonds. The first-order valence-electron chi connectivity index (χ1n) is 9.66. The molecule has 0 aliphatic rings. The van der Waals surface area contributed by atoms with E-state index in [2.05, 4.69) is 25.9 Å². The van der Waals surface area contributed by atoms with Crippen LogP contribution in [-0.2, 0) is 0 Å². The second kappa shape index (κ2) is 7.91. The number of halogens is 1. The highest BCUT2D eigenvalue weighted by Gasteiger charge is 2.20. The smallest absolute Gasteiger partial charge is 0.274 e. The number of carbonyl (C=O) groups is 1. The summed E-state index contributed by atoms with van der Waals surface area (Å²) in [5.41, 5.74) is 2.00. The van der Waals surface area contributed by atoms with Crippen molar-refractivity contribution in [1.82, 2.24) is 30.0 Å². The number of para-hydroxylation sites is 1. The lowest BCUT2D eigenvalue weighted by Gasteiger charge is -2.10. The van der Waals surface area contributed by atoms with Gasteiger partial charge in [-0.05, 0) is 59.8 Å². The third-order valence-electron chi connectivity index (χ3n) is 4.77. The first-order chi connectivity index (χ1) is 15.6. The summed E-state index contributed by atoms with van der Waals surface area (Å²) in [6.07, 6.45) is 1.54. The summed E-state index contributed by atoms with van der Waals surface area (Å²) in [7, 11) is 0. The van der Waals surface area contributed by atoms with Gasteiger partial charge >= 0.3 is 0 Å². The number of benzene rings is 2. The van der Waals surface area contributed by atoms with Crippen molar-refractivity contribution in [2.45, 2.75) is 6.92 Å². The normalized spacial score (nSPS) is 10.9. The van der Waals surface area contributed by atoms with Gasteiger partial charge < -0.3 is 9.73 Å². The summed E-state index contributed by atoms with van der Waals surface area (Å²) in [6.45, 7) is 1.65. The number of hydrogen-bond donors (Lipinski definition) is 1. The van der Waals surface area contributed by atoms with Gasteiger partial charge in [-0.1, -0.05) is 18.2 Å². The standard InChI is InChI=1S/C22H16FN7O2/c1-14-25-27-28-29(14)19-12-15(9-10-17(19)23)24-22(31)20-13-18(21-8-5-11-32-21)26-30(20)16-6-3-2-4-7-16/h2-13H,1H3,(H,24,31). The van der Waals surface area contributed by atoms with E-state index in [0.717, 1.165) is 0 Å². The Kier molecular flexibility index (Phi) is 4.79. The van der Waals surface area contributed by atoms with Crippen molar-refractivity contribution in [2.24, 2.45) is 0 Å². The molecule has 2 aromatic carbocycles. The van der Waals surface area contributed by atoms with E-state index in [0.29, 0.717) is 28.7 Å². The Labute approximate surface area is 181 Å². The number of carbonyl (C=O) groups excluding carboxylic acids is 1. The second-order valence-corrected chi connectivity index (χ2v) is 6.90. The molecule has 0 unspecified atom stereocenters. The molecular formula is C22H16FN7O2. The monoisotopic (exact) mass is 429 g/mol. The number of nitrogens with one attached hydrogen (secondary N) is 1. The molecule has 0 saturated carbocycles.